The van der Waals surface area contributed by atoms with Crippen LogP contribution in [0.3, 0.4) is 0 Å². The van der Waals surface area contributed by atoms with Gasteiger partial charge in [0, 0.05) is 30.2 Å². The van der Waals surface area contributed by atoms with Crippen LogP contribution in [0.2, 0.25) is 0 Å². The van der Waals surface area contributed by atoms with Gasteiger partial charge >= 0.3 is 0 Å². The van der Waals surface area contributed by atoms with Gasteiger partial charge in [0.2, 0.25) is 0 Å². The fourth-order valence-electron chi connectivity index (χ4n) is 4.25. The molecule has 1 aromatic carbocycles. The molecule has 1 aromatic heterocycles. The Bertz CT molecular complexity index is 690. The molecule has 2 aliphatic rings. The van der Waals surface area contributed by atoms with Crippen LogP contribution in [0.1, 0.15) is 43.0 Å². The molecule has 2 saturated heterocycles. The summed E-state index contributed by atoms with van der Waals surface area (Å²) in [6, 6.07) is 10.3. The van der Waals surface area contributed by atoms with E-state index in [1.165, 1.54) is 22.9 Å². The van der Waals surface area contributed by atoms with Crippen LogP contribution in [0.4, 0.5) is 0 Å². The Hall–Kier alpha value is -1.24. The van der Waals surface area contributed by atoms with E-state index < -0.39 is 0 Å². The summed E-state index contributed by atoms with van der Waals surface area (Å²) >= 11 is 3.69. The smallest absolute Gasteiger partial charge is 0.108 e. The quantitative estimate of drug-likeness (QED) is 0.782. The molecule has 0 spiro atoms. The molecular weight excluding hydrogens is 368 g/mol. The van der Waals surface area contributed by atoms with E-state index in [0.29, 0.717) is 24.7 Å². The highest BCUT2D eigenvalue weighted by Crippen LogP contribution is 2.41. The third-order valence-corrected chi connectivity index (χ3v) is 6.17. The van der Waals surface area contributed by atoms with Gasteiger partial charge in [0.15, 0.2) is 0 Å². The number of fused-ring (bicyclic) bond motifs is 2. The fraction of sp³-hybridized carbons (Fsp3) is 0.556. The highest BCUT2D eigenvalue weighted by atomic mass is 79.9. The Morgan fingerprint density at radius 1 is 1.17 bits per heavy atom. The average molecular weight is 391 g/mol. The van der Waals surface area contributed by atoms with E-state index in [4.69, 9.17) is 4.74 Å². The number of methoxy groups -OCH3 is 1. The maximum absolute atomic E-state index is 5.15. The lowest BCUT2D eigenvalue weighted by molar-refractivity contribution is 0.0942. The van der Waals surface area contributed by atoms with Crippen molar-refractivity contribution in [3.63, 3.8) is 0 Å². The van der Waals surface area contributed by atoms with Crippen LogP contribution in [0.25, 0.3) is 0 Å². The van der Waals surface area contributed by atoms with E-state index in [1.54, 1.807) is 7.11 Å². The predicted molar refractivity (Wildman–Crippen MR) is 95.5 cm³/mol. The van der Waals surface area contributed by atoms with Gasteiger partial charge in [-0.05, 0) is 37.3 Å². The Labute approximate surface area is 151 Å². The maximum Gasteiger partial charge on any atom is 0.108 e. The van der Waals surface area contributed by atoms with Crippen LogP contribution in [0.15, 0.2) is 34.9 Å². The summed E-state index contributed by atoms with van der Waals surface area (Å²) in [4.78, 5) is 2.70. The zero-order chi connectivity index (χ0) is 16.5. The van der Waals surface area contributed by atoms with Gasteiger partial charge in [-0.3, -0.25) is 4.90 Å². The monoisotopic (exact) mass is 390 g/mol. The lowest BCUT2D eigenvalue weighted by atomic mass is 9.96. The van der Waals surface area contributed by atoms with Gasteiger partial charge in [-0.2, -0.15) is 0 Å². The van der Waals surface area contributed by atoms with E-state index in [1.807, 2.05) is 0 Å². The number of hydrogen-bond donors (Lipinski definition) is 0. The zero-order valence-corrected chi connectivity index (χ0v) is 15.5. The SMILES string of the molecule is COCc1cn(C2CC3CCC(C2)N3Cc2ccccc2Br)nn1. The topological polar surface area (TPSA) is 43.2 Å². The summed E-state index contributed by atoms with van der Waals surface area (Å²) in [5.74, 6) is 0. The van der Waals surface area contributed by atoms with Gasteiger partial charge in [-0.1, -0.05) is 39.3 Å². The number of ether oxygens (including phenoxy) is 1. The van der Waals surface area contributed by atoms with Gasteiger partial charge in [0.25, 0.3) is 0 Å². The van der Waals surface area contributed by atoms with Crippen molar-refractivity contribution in [2.75, 3.05) is 7.11 Å². The molecule has 128 valence electrons. The van der Waals surface area contributed by atoms with E-state index in [2.05, 4.69) is 66.3 Å². The van der Waals surface area contributed by atoms with Gasteiger partial charge in [0.1, 0.15) is 5.69 Å². The van der Waals surface area contributed by atoms with E-state index in [0.717, 1.165) is 25.1 Å². The number of hydrogen-bond acceptors (Lipinski definition) is 4. The summed E-state index contributed by atoms with van der Waals surface area (Å²) in [5.41, 5.74) is 2.30. The molecule has 3 heterocycles. The summed E-state index contributed by atoms with van der Waals surface area (Å²) in [6.45, 7) is 1.57. The first-order valence-corrected chi connectivity index (χ1v) is 9.42. The molecule has 0 N–H and O–H groups in total. The number of halogens is 1. The van der Waals surface area contributed by atoms with Gasteiger partial charge in [0.05, 0.1) is 18.8 Å². The Morgan fingerprint density at radius 3 is 2.62 bits per heavy atom. The fourth-order valence-corrected chi connectivity index (χ4v) is 4.66. The van der Waals surface area contributed by atoms with Crippen LogP contribution in [0.5, 0.6) is 0 Å². The second kappa shape index (κ2) is 6.94. The molecule has 2 atom stereocenters. The molecule has 2 aromatic rings. The lowest BCUT2D eigenvalue weighted by Gasteiger charge is -2.39. The van der Waals surface area contributed by atoms with Crippen molar-refractivity contribution in [1.29, 1.82) is 0 Å². The van der Waals surface area contributed by atoms with Crippen molar-refractivity contribution in [3.8, 4) is 0 Å². The predicted octanol–water partition coefficient (Wildman–Crippen LogP) is 3.56. The molecule has 2 aliphatic heterocycles. The highest BCUT2D eigenvalue weighted by molar-refractivity contribution is 9.10. The second-order valence-corrected chi connectivity index (χ2v) is 7.75. The van der Waals surface area contributed by atoms with Crippen molar-refractivity contribution in [1.82, 2.24) is 19.9 Å². The van der Waals surface area contributed by atoms with Crippen LogP contribution in [-0.4, -0.2) is 39.1 Å². The summed E-state index contributed by atoms with van der Waals surface area (Å²) in [5, 5.41) is 8.56. The number of piperidine rings is 1. The van der Waals surface area contributed by atoms with Gasteiger partial charge in [-0.25, -0.2) is 4.68 Å². The molecule has 0 radical (unpaired) electrons. The van der Waals surface area contributed by atoms with Crippen molar-refractivity contribution >= 4 is 15.9 Å². The van der Waals surface area contributed by atoms with Crippen LogP contribution in [-0.2, 0) is 17.9 Å². The number of aromatic nitrogens is 3. The standard InChI is InChI=1S/C18H23BrN4O/c1-24-12-14-11-23(21-20-14)17-8-15-6-7-16(9-17)22(15)10-13-4-2-3-5-18(13)19/h2-5,11,15-17H,6-10,12H2,1H3. The van der Waals surface area contributed by atoms with Gasteiger partial charge in [-0.15, -0.1) is 5.10 Å². The van der Waals surface area contributed by atoms with Crippen LogP contribution in [0, 0.1) is 0 Å². The van der Waals surface area contributed by atoms with Crippen molar-refractivity contribution in [2.45, 2.75) is 57.0 Å². The zero-order valence-electron chi connectivity index (χ0n) is 13.9. The Balaban J connectivity index is 1.46. The molecule has 0 aliphatic carbocycles. The molecule has 0 amide bonds. The first kappa shape index (κ1) is 16.2. The minimum Gasteiger partial charge on any atom is -0.378 e. The van der Waals surface area contributed by atoms with Crippen molar-refractivity contribution in [2.24, 2.45) is 0 Å². The largest absolute Gasteiger partial charge is 0.378 e. The maximum atomic E-state index is 5.15. The molecule has 0 saturated carbocycles. The van der Waals surface area contributed by atoms with E-state index in [9.17, 15) is 0 Å². The number of benzene rings is 1. The van der Waals surface area contributed by atoms with E-state index in [-0.39, 0.29) is 0 Å². The summed E-state index contributed by atoms with van der Waals surface area (Å²) < 4.78 is 8.43. The molecule has 5 nitrogen and oxygen atoms in total. The molecular formula is C18H23BrN4O. The number of nitrogens with zero attached hydrogens (tertiary/aromatic N) is 4. The Kier molecular flexibility index (Phi) is 4.70. The van der Waals surface area contributed by atoms with Crippen molar-refractivity contribution in [3.05, 3.63) is 46.2 Å². The summed E-state index contributed by atoms with van der Waals surface area (Å²) in [6.07, 6.45) is 6.97. The highest BCUT2D eigenvalue weighted by Gasteiger charge is 2.41. The third kappa shape index (κ3) is 3.15. The lowest BCUT2D eigenvalue weighted by Crippen LogP contribution is -2.43. The minimum atomic E-state index is 0.469. The number of rotatable bonds is 5. The summed E-state index contributed by atoms with van der Waals surface area (Å²) in [7, 11) is 1.69. The Morgan fingerprint density at radius 2 is 1.92 bits per heavy atom. The molecule has 6 heteroatoms. The van der Waals surface area contributed by atoms with Crippen LogP contribution >= 0.6 is 15.9 Å². The van der Waals surface area contributed by atoms with Crippen LogP contribution < -0.4 is 0 Å². The molecule has 2 bridgehead atoms. The molecule has 2 fully saturated rings. The molecule has 24 heavy (non-hydrogen) atoms. The normalized spacial score (nSPS) is 26.8. The molecule has 2 unspecified atom stereocenters. The first-order valence-electron chi connectivity index (χ1n) is 8.63. The first-order chi connectivity index (χ1) is 11.7. The van der Waals surface area contributed by atoms with E-state index >= 15 is 0 Å². The average Bonchev–Trinajstić information content (AvgIpc) is 3.12. The second-order valence-electron chi connectivity index (χ2n) is 6.90. The third-order valence-electron chi connectivity index (χ3n) is 5.39. The molecule has 4 rings (SSSR count). The van der Waals surface area contributed by atoms with Gasteiger partial charge < -0.3 is 4.74 Å². The minimum absolute atomic E-state index is 0.469. The van der Waals surface area contributed by atoms with Crippen molar-refractivity contribution < 1.29 is 4.74 Å².